The number of hydrogen-bond acceptors (Lipinski definition) is 8. The predicted molar refractivity (Wildman–Crippen MR) is 281 cm³/mol. The fourth-order valence-electron chi connectivity index (χ4n) is 9.39. The van der Waals surface area contributed by atoms with Gasteiger partial charge in [-0.3, -0.25) is 4.79 Å². The molecule has 7 atom stereocenters. The number of carbonyl (C=O) groups is 1. The number of aliphatic hydroxyl groups is 5. The largest absolute Gasteiger partial charge is 0.394 e. The van der Waals surface area contributed by atoms with Crippen LogP contribution in [-0.2, 0) is 14.3 Å². The summed E-state index contributed by atoms with van der Waals surface area (Å²) >= 11 is 0. The minimum absolute atomic E-state index is 0.184. The Morgan fingerprint density at radius 2 is 0.836 bits per heavy atom. The van der Waals surface area contributed by atoms with Gasteiger partial charge in [0.2, 0.25) is 5.91 Å². The first-order valence-electron chi connectivity index (χ1n) is 29.1. The van der Waals surface area contributed by atoms with E-state index in [-0.39, 0.29) is 12.5 Å². The highest BCUT2D eigenvalue weighted by Crippen LogP contribution is 2.23. The molecular formula is C58H111NO8. The Balaban J connectivity index is 2.14. The number of nitrogens with one attached hydrogen (secondary N) is 1. The molecule has 7 unspecified atom stereocenters. The molecule has 6 N–H and O–H groups in total. The number of unbranched alkanes of at least 4 members (excludes halogenated alkanes) is 38. The number of carbonyl (C=O) groups excluding carboxylic acids is 1. The molecule has 0 bridgehead atoms. The van der Waals surface area contributed by atoms with E-state index in [1.54, 1.807) is 6.08 Å². The van der Waals surface area contributed by atoms with Crippen LogP contribution in [0.4, 0.5) is 0 Å². The third-order valence-corrected chi connectivity index (χ3v) is 14.0. The van der Waals surface area contributed by atoms with Gasteiger partial charge in [-0.2, -0.15) is 0 Å². The summed E-state index contributed by atoms with van der Waals surface area (Å²) in [7, 11) is 0. The van der Waals surface area contributed by atoms with E-state index in [1.165, 1.54) is 205 Å². The summed E-state index contributed by atoms with van der Waals surface area (Å²) in [5, 5.41) is 54.4. The maximum Gasteiger partial charge on any atom is 0.220 e. The zero-order valence-electron chi connectivity index (χ0n) is 43.9. The number of aliphatic hydroxyl groups excluding tert-OH is 5. The summed E-state index contributed by atoms with van der Waals surface area (Å²) in [4.78, 5) is 13.0. The van der Waals surface area contributed by atoms with Gasteiger partial charge < -0.3 is 40.3 Å². The Hall–Kier alpha value is -1.33. The lowest BCUT2D eigenvalue weighted by atomic mass is 9.99. The van der Waals surface area contributed by atoms with Crippen molar-refractivity contribution in [1.29, 1.82) is 0 Å². The maximum atomic E-state index is 13.0. The molecule has 0 aliphatic carbocycles. The van der Waals surface area contributed by atoms with Crippen LogP contribution in [0.15, 0.2) is 24.3 Å². The lowest BCUT2D eigenvalue weighted by Gasteiger charge is -2.40. The molecule has 1 rings (SSSR count). The van der Waals surface area contributed by atoms with E-state index in [0.717, 1.165) is 57.8 Å². The second kappa shape index (κ2) is 48.3. The lowest BCUT2D eigenvalue weighted by Crippen LogP contribution is -2.60. The van der Waals surface area contributed by atoms with Crippen molar-refractivity contribution in [3.05, 3.63) is 24.3 Å². The molecule has 9 heteroatoms. The summed E-state index contributed by atoms with van der Waals surface area (Å²) in [5.74, 6) is -0.184. The van der Waals surface area contributed by atoms with Gasteiger partial charge in [0.05, 0.1) is 25.4 Å². The van der Waals surface area contributed by atoms with Crippen molar-refractivity contribution < 1.29 is 39.8 Å². The smallest absolute Gasteiger partial charge is 0.220 e. The molecule has 0 radical (unpaired) electrons. The van der Waals surface area contributed by atoms with Crippen molar-refractivity contribution in [2.24, 2.45) is 0 Å². The van der Waals surface area contributed by atoms with Crippen LogP contribution in [0, 0.1) is 0 Å². The molecule has 0 aromatic rings. The molecule has 1 heterocycles. The van der Waals surface area contributed by atoms with Crippen LogP contribution in [0.1, 0.15) is 284 Å². The third kappa shape index (κ3) is 38.1. The van der Waals surface area contributed by atoms with Crippen molar-refractivity contribution in [3.8, 4) is 0 Å². The Kier molecular flexibility index (Phi) is 45.9. The Labute approximate surface area is 413 Å². The quantitative estimate of drug-likeness (QED) is 0.0261. The summed E-state index contributed by atoms with van der Waals surface area (Å²) in [6, 6.07) is -0.807. The van der Waals surface area contributed by atoms with Crippen molar-refractivity contribution in [3.63, 3.8) is 0 Å². The fourth-order valence-corrected chi connectivity index (χ4v) is 9.39. The molecule has 67 heavy (non-hydrogen) atoms. The molecule has 1 aliphatic rings. The van der Waals surface area contributed by atoms with Crippen LogP contribution in [0.25, 0.3) is 0 Å². The zero-order chi connectivity index (χ0) is 48.7. The van der Waals surface area contributed by atoms with Crippen LogP contribution < -0.4 is 5.32 Å². The highest BCUT2D eigenvalue weighted by Gasteiger charge is 2.44. The van der Waals surface area contributed by atoms with Gasteiger partial charge in [-0.1, -0.05) is 256 Å². The molecular weight excluding hydrogens is 839 g/mol. The van der Waals surface area contributed by atoms with Gasteiger partial charge in [0.25, 0.3) is 0 Å². The van der Waals surface area contributed by atoms with Crippen LogP contribution in [-0.4, -0.2) is 87.5 Å². The van der Waals surface area contributed by atoms with E-state index in [2.05, 4.69) is 31.3 Å². The Morgan fingerprint density at radius 3 is 1.22 bits per heavy atom. The van der Waals surface area contributed by atoms with Crippen molar-refractivity contribution in [1.82, 2.24) is 5.32 Å². The first-order valence-corrected chi connectivity index (χ1v) is 29.1. The van der Waals surface area contributed by atoms with Gasteiger partial charge in [0, 0.05) is 6.42 Å². The van der Waals surface area contributed by atoms with Crippen molar-refractivity contribution in [2.75, 3.05) is 13.2 Å². The minimum atomic E-state index is -1.57. The van der Waals surface area contributed by atoms with Crippen molar-refractivity contribution in [2.45, 2.75) is 326 Å². The molecule has 0 spiro atoms. The second-order valence-electron chi connectivity index (χ2n) is 20.4. The monoisotopic (exact) mass is 950 g/mol. The fraction of sp³-hybridized carbons (Fsp3) is 0.914. The molecule has 1 saturated heterocycles. The van der Waals surface area contributed by atoms with Gasteiger partial charge in [-0.25, -0.2) is 0 Å². The van der Waals surface area contributed by atoms with E-state index in [0.29, 0.717) is 6.42 Å². The van der Waals surface area contributed by atoms with Gasteiger partial charge >= 0.3 is 0 Å². The lowest BCUT2D eigenvalue weighted by molar-refractivity contribution is -0.302. The Morgan fingerprint density at radius 1 is 0.493 bits per heavy atom. The van der Waals surface area contributed by atoms with E-state index in [1.807, 2.05) is 6.08 Å². The number of ether oxygens (including phenoxy) is 2. The van der Waals surface area contributed by atoms with Gasteiger partial charge in [-0.05, 0) is 44.9 Å². The van der Waals surface area contributed by atoms with E-state index < -0.39 is 49.5 Å². The molecule has 1 amide bonds. The standard InChI is InChI=1S/C58H111NO8/c1-3-5-7-9-11-13-15-17-18-19-20-21-22-23-24-25-26-27-28-29-30-31-32-33-34-36-37-39-41-43-45-47-52(61)51(50-66-58-57(65)56(64)55(63)53(49-60)67-58)59-54(62)48-46-44-42-40-38-35-16-14-12-10-8-6-4-2/h14,16,45,47,51-53,55-58,60-61,63-65H,3-13,15,17-44,46,48-50H2,1-2H3,(H,59,62)/b16-14-,47-45+. The van der Waals surface area contributed by atoms with Crippen molar-refractivity contribution >= 4 is 5.91 Å². The average Bonchev–Trinajstić information content (AvgIpc) is 3.33. The van der Waals surface area contributed by atoms with Gasteiger partial charge in [0.15, 0.2) is 6.29 Å². The predicted octanol–water partition coefficient (Wildman–Crippen LogP) is 14.2. The number of allylic oxidation sites excluding steroid dienone is 3. The first-order chi connectivity index (χ1) is 32.8. The summed E-state index contributed by atoms with van der Waals surface area (Å²) in [6.45, 7) is 3.78. The Bertz CT molecular complexity index is 1100. The summed E-state index contributed by atoms with van der Waals surface area (Å²) in [6.07, 6.45) is 54.1. The third-order valence-electron chi connectivity index (χ3n) is 14.0. The number of amides is 1. The van der Waals surface area contributed by atoms with Gasteiger partial charge in [0.1, 0.15) is 24.4 Å². The molecule has 0 saturated carbocycles. The second-order valence-corrected chi connectivity index (χ2v) is 20.4. The van der Waals surface area contributed by atoms with E-state index in [9.17, 15) is 30.3 Å². The molecule has 1 fully saturated rings. The summed E-state index contributed by atoms with van der Waals surface area (Å²) in [5.41, 5.74) is 0. The van der Waals surface area contributed by atoms with Gasteiger partial charge in [-0.15, -0.1) is 0 Å². The number of hydrogen-bond donors (Lipinski definition) is 6. The summed E-state index contributed by atoms with van der Waals surface area (Å²) < 4.78 is 11.2. The zero-order valence-corrected chi connectivity index (χ0v) is 43.9. The molecule has 1 aliphatic heterocycles. The van der Waals surface area contributed by atoms with E-state index >= 15 is 0 Å². The molecule has 0 aromatic carbocycles. The SMILES string of the molecule is CCCCCC/C=C\CCCCCCCC(=O)NC(COC1OC(CO)C(O)C(O)C1O)C(O)/C=C/CCCCCCCCCCCCCCCCCCCCCCCCCCCCCCC. The van der Waals surface area contributed by atoms with Crippen LogP contribution in [0.2, 0.25) is 0 Å². The normalized spacial score (nSPS) is 19.8. The maximum absolute atomic E-state index is 13.0. The van der Waals surface area contributed by atoms with Crippen LogP contribution >= 0.6 is 0 Å². The average molecular weight is 951 g/mol. The highest BCUT2D eigenvalue weighted by atomic mass is 16.7. The minimum Gasteiger partial charge on any atom is -0.394 e. The highest BCUT2D eigenvalue weighted by molar-refractivity contribution is 5.76. The molecule has 9 nitrogen and oxygen atoms in total. The van der Waals surface area contributed by atoms with Crippen LogP contribution in [0.5, 0.6) is 0 Å². The van der Waals surface area contributed by atoms with Crippen LogP contribution in [0.3, 0.4) is 0 Å². The van der Waals surface area contributed by atoms with E-state index in [4.69, 9.17) is 9.47 Å². The molecule has 396 valence electrons. The molecule has 0 aromatic heterocycles. The first kappa shape index (κ1) is 63.7. The number of rotatable bonds is 50. The topological polar surface area (TPSA) is 149 Å².